The molecule has 0 heterocycles. The first-order chi connectivity index (χ1) is 14.7. The van der Waals surface area contributed by atoms with Crippen LogP contribution in [0.3, 0.4) is 0 Å². The summed E-state index contributed by atoms with van der Waals surface area (Å²) in [6.45, 7) is 6.74. The summed E-state index contributed by atoms with van der Waals surface area (Å²) in [6.07, 6.45) is 3.87. The van der Waals surface area contributed by atoms with Crippen molar-refractivity contribution in [3.05, 3.63) is 35.4 Å². The predicted molar refractivity (Wildman–Crippen MR) is 116 cm³/mol. The van der Waals surface area contributed by atoms with E-state index in [2.05, 4.69) is 16.0 Å². The van der Waals surface area contributed by atoms with Crippen LogP contribution in [0, 0.1) is 12.8 Å². The third-order valence-corrected chi connectivity index (χ3v) is 5.44. The Labute approximate surface area is 183 Å². The molecular weight excluding hydrogens is 398 g/mol. The van der Waals surface area contributed by atoms with Gasteiger partial charge in [0.1, 0.15) is 6.04 Å². The molecule has 0 aliphatic heterocycles. The molecule has 1 saturated carbocycles. The molecule has 1 aromatic rings. The number of benzene rings is 1. The van der Waals surface area contributed by atoms with Gasteiger partial charge in [-0.15, -0.1) is 0 Å². The average Bonchev–Trinajstić information content (AvgIpc) is 2.72. The van der Waals surface area contributed by atoms with Gasteiger partial charge in [0.15, 0.2) is 6.10 Å². The molecule has 2 atom stereocenters. The fraction of sp³-hybridized carbons (Fsp3) is 0.565. The summed E-state index contributed by atoms with van der Waals surface area (Å²) in [4.78, 5) is 49.5. The fourth-order valence-corrected chi connectivity index (χ4v) is 3.53. The van der Waals surface area contributed by atoms with E-state index in [1.165, 1.54) is 6.92 Å². The van der Waals surface area contributed by atoms with Gasteiger partial charge in [0.2, 0.25) is 0 Å². The Morgan fingerprint density at radius 2 is 1.65 bits per heavy atom. The highest BCUT2D eigenvalue weighted by atomic mass is 16.5. The van der Waals surface area contributed by atoms with Crippen LogP contribution < -0.4 is 16.0 Å². The minimum atomic E-state index is -1.18. The van der Waals surface area contributed by atoms with Crippen LogP contribution in [0.5, 0.6) is 0 Å². The topological polar surface area (TPSA) is 114 Å². The van der Waals surface area contributed by atoms with E-state index >= 15 is 0 Å². The molecule has 0 saturated heterocycles. The summed E-state index contributed by atoms with van der Waals surface area (Å²) >= 11 is 0. The van der Waals surface area contributed by atoms with E-state index in [4.69, 9.17) is 4.74 Å². The van der Waals surface area contributed by atoms with Crippen LogP contribution in [0.25, 0.3) is 0 Å². The van der Waals surface area contributed by atoms with Gasteiger partial charge in [0.25, 0.3) is 11.8 Å². The Hall–Kier alpha value is -2.90. The van der Waals surface area contributed by atoms with Crippen LogP contribution in [-0.4, -0.2) is 42.0 Å². The Kier molecular flexibility index (Phi) is 9.03. The van der Waals surface area contributed by atoms with Gasteiger partial charge in [-0.3, -0.25) is 14.9 Å². The van der Waals surface area contributed by atoms with Gasteiger partial charge in [-0.1, -0.05) is 51.3 Å². The number of carbonyl (C=O) groups excluding carboxylic acids is 4. The van der Waals surface area contributed by atoms with Gasteiger partial charge in [-0.2, -0.15) is 0 Å². The standard InChI is InChI=1S/C23H33N3O5/c1-14(2)19(25-21(28)18-13-9-8-10-15(18)3)22(29)31-16(4)20(27)26-23(30)24-17-11-6-5-7-12-17/h8-10,13-14,16-17,19H,5-7,11-12H2,1-4H3,(H,25,28)(H2,24,26,27,30)/t16-,19+/m1/s1. The van der Waals surface area contributed by atoms with E-state index in [-0.39, 0.29) is 12.0 Å². The van der Waals surface area contributed by atoms with Crippen LogP contribution in [0.1, 0.15) is 68.8 Å². The maximum Gasteiger partial charge on any atom is 0.329 e. The number of ether oxygens (including phenoxy) is 1. The number of hydrogen-bond acceptors (Lipinski definition) is 5. The lowest BCUT2D eigenvalue weighted by atomic mass is 9.96. The number of aryl methyl sites for hydroxylation is 1. The minimum absolute atomic E-state index is 0.0568. The van der Waals surface area contributed by atoms with Crippen molar-refractivity contribution in [2.24, 2.45) is 5.92 Å². The van der Waals surface area contributed by atoms with Crippen molar-refractivity contribution in [2.75, 3.05) is 0 Å². The zero-order chi connectivity index (χ0) is 23.0. The average molecular weight is 432 g/mol. The van der Waals surface area contributed by atoms with Gasteiger partial charge in [-0.25, -0.2) is 9.59 Å². The number of nitrogens with one attached hydrogen (secondary N) is 3. The van der Waals surface area contributed by atoms with Gasteiger partial charge < -0.3 is 15.4 Å². The van der Waals surface area contributed by atoms with E-state index in [1.807, 2.05) is 19.1 Å². The van der Waals surface area contributed by atoms with Crippen LogP contribution in [0.2, 0.25) is 0 Å². The lowest BCUT2D eigenvalue weighted by Gasteiger charge is -2.24. The Bertz CT molecular complexity index is 802. The SMILES string of the molecule is Cc1ccccc1C(=O)N[C@H](C(=O)O[C@H](C)C(=O)NC(=O)NC1CCCCC1)C(C)C. The molecule has 8 heteroatoms. The van der Waals surface area contributed by atoms with Gasteiger partial charge in [0.05, 0.1) is 0 Å². The second-order valence-electron chi connectivity index (χ2n) is 8.39. The van der Waals surface area contributed by atoms with E-state index in [0.717, 1.165) is 37.7 Å². The normalized spacial score (nSPS) is 16.2. The van der Waals surface area contributed by atoms with Crippen molar-refractivity contribution < 1.29 is 23.9 Å². The number of urea groups is 1. The molecule has 1 aliphatic carbocycles. The van der Waals surface area contributed by atoms with Crippen molar-refractivity contribution in [1.82, 2.24) is 16.0 Å². The lowest BCUT2D eigenvalue weighted by Crippen LogP contribution is -2.50. The molecule has 31 heavy (non-hydrogen) atoms. The molecule has 2 rings (SSSR count). The molecule has 0 aromatic heterocycles. The third-order valence-electron chi connectivity index (χ3n) is 5.44. The van der Waals surface area contributed by atoms with Crippen molar-refractivity contribution in [3.63, 3.8) is 0 Å². The summed E-state index contributed by atoms with van der Waals surface area (Å²) in [5, 5.41) is 7.69. The zero-order valence-corrected chi connectivity index (χ0v) is 18.7. The smallest absolute Gasteiger partial charge is 0.329 e. The molecule has 3 N–H and O–H groups in total. The summed E-state index contributed by atoms with van der Waals surface area (Å²) in [7, 11) is 0. The lowest BCUT2D eigenvalue weighted by molar-refractivity contribution is -0.157. The maximum atomic E-state index is 12.6. The van der Waals surface area contributed by atoms with Gasteiger partial charge in [0, 0.05) is 11.6 Å². The van der Waals surface area contributed by atoms with Crippen molar-refractivity contribution in [1.29, 1.82) is 0 Å². The monoisotopic (exact) mass is 431 g/mol. The predicted octanol–water partition coefficient (Wildman–Crippen LogP) is 2.84. The number of carbonyl (C=O) groups is 4. The van der Waals surface area contributed by atoms with Crippen LogP contribution >= 0.6 is 0 Å². The number of esters is 1. The zero-order valence-electron chi connectivity index (χ0n) is 18.7. The molecule has 8 nitrogen and oxygen atoms in total. The first kappa shape index (κ1) is 24.4. The van der Waals surface area contributed by atoms with Crippen molar-refractivity contribution in [2.45, 2.75) is 78.0 Å². The summed E-state index contributed by atoms with van der Waals surface area (Å²) in [6, 6.07) is 5.59. The number of hydrogen-bond donors (Lipinski definition) is 3. The first-order valence-corrected chi connectivity index (χ1v) is 10.9. The Morgan fingerprint density at radius 1 is 1.00 bits per heavy atom. The van der Waals surface area contributed by atoms with E-state index in [1.54, 1.807) is 26.0 Å². The molecule has 0 radical (unpaired) electrons. The van der Waals surface area contributed by atoms with Gasteiger partial charge in [-0.05, 0) is 44.2 Å². The highest BCUT2D eigenvalue weighted by molar-refractivity contribution is 5.99. The molecular formula is C23H33N3O5. The Morgan fingerprint density at radius 3 is 2.26 bits per heavy atom. The minimum Gasteiger partial charge on any atom is -0.451 e. The summed E-state index contributed by atoms with van der Waals surface area (Å²) < 4.78 is 5.25. The van der Waals surface area contributed by atoms with Crippen molar-refractivity contribution >= 4 is 23.8 Å². The molecule has 1 fully saturated rings. The van der Waals surface area contributed by atoms with Crippen LogP contribution in [-0.2, 0) is 14.3 Å². The molecule has 1 aromatic carbocycles. The number of rotatable bonds is 7. The third kappa shape index (κ3) is 7.38. The molecule has 0 spiro atoms. The highest BCUT2D eigenvalue weighted by Crippen LogP contribution is 2.17. The quantitative estimate of drug-likeness (QED) is 0.575. The van der Waals surface area contributed by atoms with Gasteiger partial charge >= 0.3 is 12.0 Å². The van der Waals surface area contributed by atoms with E-state index in [0.29, 0.717) is 5.56 Å². The number of amides is 4. The highest BCUT2D eigenvalue weighted by Gasteiger charge is 2.30. The van der Waals surface area contributed by atoms with Crippen LogP contribution in [0.4, 0.5) is 4.79 Å². The van der Waals surface area contributed by atoms with E-state index < -0.39 is 36.0 Å². The molecule has 0 bridgehead atoms. The molecule has 170 valence electrons. The molecule has 1 aliphatic rings. The molecule has 0 unspecified atom stereocenters. The number of imide groups is 1. The Balaban J connectivity index is 1.90. The summed E-state index contributed by atoms with van der Waals surface area (Å²) in [5.41, 5.74) is 1.25. The van der Waals surface area contributed by atoms with E-state index in [9.17, 15) is 19.2 Å². The second-order valence-corrected chi connectivity index (χ2v) is 8.39. The summed E-state index contributed by atoms with van der Waals surface area (Å²) in [5.74, 6) is -2.09. The fourth-order valence-electron chi connectivity index (χ4n) is 3.53. The first-order valence-electron chi connectivity index (χ1n) is 10.9. The second kappa shape index (κ2) is 11.5. The maximum absolute atomic E-state index is 12.6. The molecule has 4 amide bonds. The largest absolute Gasteiger partial charge is 0.451 e. The van der Waals surface area contributed by atoms with Crippen molar-refractivity contribution in [3.8, 4) is 0 Å². The van der Waals surface area contributed by atoms with Crippen LogP contribution in [0.15, 0.2) is 24.3 Å².